The Morgan fingerprint density at radius 2 is 1.61 bits per heavy atom. The first-order chi connectivity index (χ1) is 10.6. The Hall–Kier alpha value is -1.59. The van der Waals surface area contributed by atoms with Gasteiger partial charge in [-0.3, -0.25) is 14.4 Å². The summed E-state index contributed by atoms with van der Waals surface area (Å²) < 4.78 is 0. The van der Waals surface area contributed by atoms with Gasteiger partial charge in [0.15, 0.2) is 0 Å². The van der Waals surface area contributed by atoms with Crippen molar-refractivity contribution in [2.24, 2.45) is 11.7 Å². The highest BCUT2D eigenvalue weighted by molar-refractivity contribution is 5.93. The molecule has 4 N–H and O–H groups in total. The van der Waals surface area contributed by atoms with Crippen LogP contribution in [0.15, 0.2) is 0 Å². The number of hydrogen-bond acceptors (Lipinski definition) is 3. The minimum absolute atomic E-state index is 0.219. The molecular weight excluding hydrogens is 294 g/mol. The lowest BCUT2D eigenvalue weighted by atomic mass is 9.98. The van der Waals surface area contributed by atoms with Crippen LogP contribution in [0, 0.1) is 5.92 Å². The fraction of sp³-hybridized carbons (Fsp3) is 0.824. The van der Waals surface area contributed by atoms with Crippen molar-refractivity contribution < 1.29 is 14.4 Å². The van der Waals surface area contributed by atoms with Crippen LogP contribution < -0.4 is 16.4 Å². The van der Waals surface area contributed by atoms with Gasteiger partial charge in [0.1, 0.15) is 6.04 Å². The van der Waals surface area contributed by atoms with Crippen LogP contribution in [0.3, 0.4) is 0 Å². The molecule has 0 fully saturated rings. The highest BCUT2D eigenvalue weighted by Crippen LogP contribution is 2.09. The van der Waals surface area contributed by atoms with Crippen LogP contribution in [0.5, 0.6) is 0 Å². The summed E-state index contributed by atoms with van der Waals surface area (Å²) in [5.41, 5.74) is 4.85. The molecule has 0 aliphatic rings. The van der Waals surface area contributed by atoms with Crippen molar-refractivity contribution in [3.05, 3.63) is 0 Å². The first-order valence-corrected chi connectivity index (χ1v) is 8.49. The van der Waals surface area contributed by atoms with E-state index in [0.29, 0.717) is 6.42 Å². The maximum Gasteiger partial charge on any atom is 0.243 e. The van der Waals surface area contributed by atoms with Gasteiger partial charge in [0.2, 0.25) is 17.7 Å². The second-order valence-electron chi connectivity index (χ2n) is 7.14. The number of nitrogens with one attached hydrogen (secondary N) is 2. The van der Waals surface area contributed by atoms with Crippen molar-refractivity contribution in [1.82, 2.24) is 10.6 Å². The van der Waals surface area contributed by atoms with Crippen LogP contribution in [0.2, 0.25) is 0 Å². The van der Waals surface area contributed by atoms with Crippen LogP contribution in [0.1, 0.15) is 73.1 Å². The van der Waals surface area contributed by atoms with Crippen LogP contribution in [0.4, 0.5) is 0 Å². The van der Waals surface area contributed by atoms with Crippen molar-refractivity contribution in [1.29, 1.82) is 0 Å². The van der Waals surface area contributed by atoms with Gasteiger partial charge in [-0.2, -0.15) is 0 Å². The van der Waals surface area contributed by atoms with Gasteiger partial charge in [-0.1, -0.05) is 39.5 Å². The monoisotopic (exact) mass is 327 g/mol. The maximum atomic E-state index is 12.3. The molecule has 0 aliphatic heterocycles. The van der Waals surface area contributed by atoms with Crippen LogP contribution in [0.25, 0.3) is 0 Å². The molecule has 0 bridgehead atoms. The molecule has 3 amide bonds. The number of primary amides is 1. The summed E-state index contributed by atoms with van der Waals surface area (Å²) in [6.45, 7) is 9.21. The van der Waals surface area contributed by atoms with Gasteiger partial charge in [-0.05, 0) is 27.2 Å². The zero-order chi connectivity index (χ0) is 18.0. The molecule has 134 valence electrons. The number of amides is 3. The van der Waals surface area contributed by atoms with E-state index in [9.17, 15) is 14.4 Å². The van der Waals surface area contributed by atoms with Crippen molar-refractivity contribution in [2.45, 2.75) is 84.7 Å². The fourth-order valence-corrected chi connectivity index (χ4v) is 2.16. The molecule has 0 radical (unpaired) electrons. The summed E-state index contributed by atoms with van der Waals surface area (Å²) in [6.07, 6.45) is 5.55. The van der Waals surface area contributed by atoms with Crippen LogP contribution in [-0.4, -0.2) is 29.3 Å². The lowest BCUT2D eigenvalue weighted by Gasteiger charge is -2.27. The van der Waals surface area contributed by atoms with E-state index < -0.39 is 23.4 Å². The first-order valence-electron chi connectivity index (χ1n) is 8.49. The predicted molar refractivity (Wildman–Crippen MR) is 91.6 cm³/mol. The van der Waals surface area contributed by atoms with E-state index in [1.165, 1.54) is 0 Å². The Bertz CT molecular complexity index is 402. The molecule has 0 aromatic heterocycles. The number of nitrogens with two attached hydrogens (primary N) is 1. The van der Waals surface area contributed by atoms with Crippen molar-refractivity contribution in [3.8, 4) is 0 Å². The molecule has 2 atom stereocenters. The third-order valence-electron chi connectivity index (χ3n) is 3.55. The summed E-state index contributed by atoms with van der Waals surface area (Å²) in [6, 6.07) is -0.935. The SMILES string of the molecule is CCCCCCCC(=O)N[C@@H](C(=O)NC(C)(C)C)C(C)C(N)=O. The number of carbonyl (C=O) groups is 3. The summed E-state index contributed by atoms with van der Waals surface area (Å²) in [5, 5.41) is 5.44. The van der Waals surface area contributed by atoms with Gasteiger partial charge < -0.3 is 16.4 Å². The number of unbranched alkanes of at least 4 members (excludes halogenated alkanes) is 4. The molecule has 1 unspecified atom stereocenters. The number of rotatable bonds is 10. The van der Waals surface area contributed by atoms with E-state index in [1.807, 2.05) is 20.8 Å². The topological polar surface area (TPSA) is 101 Å². The third kappa shape index (κ3) is 9.92. The lowest BCUT2D eigenvalue weighted by Crippen LogP contribution is -2.56. The Morgan fingerprint density at radius 3 is 2.09 bits per heavy atom. The second kappa shape index (κ2) is 10.2. The first kappa shape index (κ1) is 21.4. The highest BCUT2D eigenvalue weighted by Gasteiger charge is 2.32. The molecule has 0 saturated carbocycles. The van der Waals surface area contributed by atoms with Gasteiger partial charge in [0.25, 0.3) is 0 Å². The molecule has 0 spiro atoms. The molecule has 0 rings (SSSR count). The predicted octanol–water partition coefficient (Wildman–Crippen LogP) is 1.87. The molecule has 0 aromatic carbocycles. The van der Waals surface area contributed by atoms with Crippen LogP contribution >= 0.6 is 0 Å². The maximum absolute atomic E-state index is 12.3. The molecule has 6 heteroatoms. The zero-order valence-corrected chi connectivity index (χ0v) is 15.2. The van der Waals surface area contributed by atoms with E-state index in [1.54, 1.807) is 6.92 Å². The standard InChI is InChI=1S/C17H33N3O3/c1-6-7-8-9-10-11-13(21)19-14(12(2)15(18)22)16(23)20-17(3,4)5/h12,14H,6-11H2,1-5H3,(H2,18,22)(H,19,21)(H,20,23)/t12?,14-/m1/s1. The van der Waals surface area contributed by atoms with E-state index in [2.05, 4.69) is 17.6 Å². The van der Waals surface area contributed by atoms with Crippen molar-refractivity contribution in [2.75, 3.05) is 0 Å². The van der Waals surface area contributed by atoms with Gasteiger partial charge in [-0.25, -0.2) is 0 Å². The quantitative estimate of drug-likeness (QED) is 0.534. The fourth-order valence-electron chi connectivity index (χ4n) is 2.16. The molecule has 0 heterocycles. The highest BCUT2D eigenvalue weighted by atomic mass is 16.2. The Labute approximate surface area is 140 Å². The molecule has 0 saturated heterocycles. The third-order valence-corrected chi connectivity index (χ3v) is 3.55. The lowest BCUT2D eigenvalue weighted by molar-refractivity contribution is -0.134. The summed E-state index contributed by atoms with van der Waals surface area (Å²) >= 11 is 0. The van der Waals surface area contributed by atoms with Crippen molar-refractivity contribution >= 4 is 17.7 Å². The molecule has 23 heavy (non-hydrogen) atoms. The van der Waals surface area contributed by atoms with E-state index in [4.69, 9.17) is 5.73 Å². The van der Waals surface area contributed by atoms with E-state index in [0.717, 1.165) is 32.1 Å². The van der Waals surface area contributed by atoms with Gasteiger partial charge in [0, 0.05) is 12.0 Å². The average molecular weight is 327 g/mol. The second-order valence-corrected chi connectivity index (χ2v) is 7.14. The molecule has 0 aliphatic carbocycles. The largest absolute Gasteiger partial charge is 0.369 e. The Morgan fingerprint density at radius 1 is 1.04 bits per heavy atom. The molecule has 0 aromatic rings. The Balaban J connectivity index is 4.61. The summed E-state index contributed by atoms with van der Waals surface area (Å²) in [4.78, 5) is 35.8. The van der Waals surface area contributed by atoms with Crippen LogP contribution in [-0.2, 0) is 14.4 Å². The van der Waals surface area contributed by atoms with Crippen molar-refractivity contribution in [3.63, 3.8) is 0 Å². The minimum Gasteiger partial charge on any atom is -0.369 e. The smallest absolute Gasteiger partial charge is 0.243 e. The summed E-state index contributed by atoms with van der Waals surface area (Å²) in [5.74, 6) is -1.98. The van der Waals surface area contributed by atoms with Gasteiger partial charge in [-0.15, -0.1) is 0 Å². The zero-order valence-electron chi connectivity index (χ0n) is 15.2. The van der Waals surface area contributed by atoms with E-state index >= 15 is 0 Å². The van der Waals surface area contributed by atoms with Gasteiger partial charge >= 0.3 is 0 Å². The van der Waals surface area contributed by atoms with E-state index in [-0.39, 0.29) is 11.8 Å². The molecular formula is C17H33N3O3. The number of hydrogen-bond donors (Lipinski definition) is 3. The summed E-state index contributed by atoms with van der Waals surface area (Å²) in [7, 11) is 0. The average Bonchev–Trinajstić information content (AvgIpc) is 2.41. The van der Waals surface area contributed by atoms with Gasteiger partial charge in [0.05, 0.1) is 5.92 Å². The Kier molecular flexibility index (Phi) is 9.53. The normalized spacial score (nSPS) is 14.0. The number of carbonyl (C=O) groups excluding carboxylic acids is 3. The minimum atomic E-state index is -0.935. The molecule has 6 nitrogen and oxygen atoms in total.